The highest BCUT2D eigenvalue weighted by molar-refractivity contribution is 4.75. The van der Waals surface area contributed by atoms with Crippen LogP contribution in [-0.2, 0) is 0 Å². The van der Waals surface area contributed by atoms with Crippen molar-refractivity contribution in [2.75, 3.05) is 0 Å². The largest absolute Gasteiger partial charge is 0.328 e. The average Bonchev–Trinajstić information content (AvgIpc) is 1.76. The second kappa shape index (κ2) is 0.462. The molecular formula is C3H7N. The van der Waals surface area contributed by atoms with Crippen molar-refractivity contribution in [2.45, 2.75) is 18.9 Å². The quantitative estimate of drug-likeness (QED) is 0.420. The third-order valence-corrected chi connectivity index (χ3v) is 0.539. The van der Waals surface area contributed by atoms with E-state index in [0.717, 1.165) is 12.8 Å². The maximum absolute atomic E-state index is 6.83. The van der Waals surface area contributed by atoms with E-state index in [2.05, 4.69) is 0 Å². The molecule has 1 nitrogen and oxygen atoms in total. The van der Waals surface area contributed by atoms with E-state index in [0.29, 0.717) is 0 Å². The van der Waals surface area contributed by atoms with Gasteiger partial charge in [0.25, 0.3) is 0 Å². The maximum Gasteiger partial charge on any atom is 0.0462 e. The third-order valence-electron chi connectivity index (χ3n) is 0.539. The predicted molar refractivity (Wildman–Crippen MR) is 17.2 cm³/mol. The molecule has 1 rings (SSSR count). The van der Waals surface area contributed by atoms with Crippen molar-refractivity contribution in [3.63, 3.8) is 0 Å². The summed E-state index contributed by atoms with van der Waals surface area (Å²) in [7, 11) is 0. The molecule has 0 amide bonds. The molecule has 0 aromatic carbocycles. The molecule has 0 atom stereocenters. The summed E-state index contributed by atoms with van der Waals surface area (Å²) in [5.74, 6) is 0. The van der Waals surface area contributed by atoms with Crippen LogP contribution in [0.1, 0.15) is 14.2 Å². The fourth-order valence-corrected chi connectivity index (χ4v) is 0.0722. The molecule has 24 valence electrons. The molecule has 0 aromatic heterocycles. The molecule has 0 saturated heterocycles. The molecule has 0 bridgehead atoms. The lowest BCUT2D eigenvalue weighted by atomic mass is 10.8. The van der Waals surface area contributed by atoms with Crippen molar-refractivity contribution < 1.29 is 1.37 Å². The van der Waals surface area contributed by atoms with E-state index in [9.17, 15) is 0 Å². The topological polar surface area (TPSA) is 26.0 Å². The second-order valence-corrected chi connectivity index (χ2v) is 1.16. The van der Waals surface area contributed by atoms with Crippen LogP contribution in [0.15, 0.2) is 0 Å². The van der Waals surface area contributed by atoms with Gasteiger partial charge < -0.3 is 5.73 Å². The van der Waals surface area contributed by atoms with Crippen LogP contribution < -0.4 is 5.73 Å². The molecule has 1 aliphatic carbocycles. The van der Waals surface area contributed by atoms with Gasteiger partial charge in [0, 0.05) is 7.39 Å². The smallest absolute Gasteiger partial charge is 0.0462 e. The Kier molecular flexibility index (Phi) is 0.163. The van der Waals surface area contributed by atoms with Gasteiger partial charge in [-0.05, 0) is 12.8 Å². The zero-order valence-electron chi connectivity index (χ0n) is 3.49. The average molecular weight is 58.1 g/mol. The maximum atomic E-state index is 6.83. The van der Waals surface area contributed by atoms with E-state index in [4.69, 9.17) is 7.10 Å². The Labute approximate surface area is 27.2 Å². The van der Waals surface area contributed by atoms with Crippen LogP contribution in [0.25, 0.3) is 0 Å². The van der Waals surface area contributed by atoms with Gasteiger partial charge in [0.05, 0.1) is 0 Å². The molecule has 0 aliphatic heterocycles. The Hall–Kier alpha value is -0.0400. The van der Waals surface area contributed by atoms with Crippen molar-refractivity contribution in [2.24, 2.45) is 5.73 Å². The summed E-state index contributed by atoms with van der Waals surface area (Å²) in [6, 6.07) is -0.500. The molecule has 1 aliphatic rings. The Bertz CT molecular complexity index is 44.9. The summed E-state index contributed by atoms with van der Waals surface area (Å²) in [6.07, 6.45) is 1.79. The highest BCUT2D eigenvalue weighted by atomic mass is 14.7. The molecule has 1 saturated carbocycles. The van der Waals surface area contributed by atoms with Gasteiger partial charge in [0.15, 0.2) is 0 Å². The Balaban J connectivity index is 2.38. The van der Waals surface area contributed by atoms with Crippen LogP contribution in [0.4, 0.5) is 0 Å². The van der Waals surface area contributed by atoms with E-state index in [-0.39, 0.29) is 0 Å². The van der Waals surface area contributed by atoms with Gasteiger partial charge in [0.1, 0.15) is 0 Å². The minimum atomic E-state index is -0.500. The minimum Gasteiger partial charge on any atom is -0.328 e. The summed E-state index contributed by atoms with van der Waals surface area (Å²) >= 11 is 0. The summed E-state index contributed by atoms with van der Waals surface area (Å²) in [6.45, 7) is 0. The molecule has 0 heterocycles. The first-order valence-corrected chi connectivity index (χ1v) is 1.50. The highest BCUT2D eigenvalue weighted by Gasteiger charge is 2.13. The Morgan fingerprint density at radius 2 is 2.25 bits per heavy atom. The predicted octanol–water partition coefficient (Wildman–Crippen LogP) is 0.107. The normalized spacial score (nSPS) is 37.8. The van der Waals surface area contributed by atoms with Gasteiger partial charge in [-0.2, -0.15) is 0 Å². The summed E-state index contributed by atoms with van der Waals surface area (Å²) in [5.41, 5.74) is 5.13. The van der Waals surface area contributed by atoms with Crippen LogP contribution in [-0.4, -0.2) is 6.02 Å². The molecule has 0 radical (unpaired) electrons. The summed E-state index contributed by atoms with van der Waals surface area (Å²) < 4.78 is 6.83. The van der Waals surface area contributed by atoms with Gasteiger partial charge in [-0.25, -0.2) is 0 Å². The molecule has 1 heteroatoms. The van der Waals surface area contributed by atoms with E-state index in [1.54, 1.807) is 0 Å². The molecule has 1 fully saturated rings. The first-order valence-electron chi connectivity index (χ1n) is 2.00. The first kappa shape index (κ1) is 1.41. The summed E-state index contributed by atoms with van der Waals surface area (Å²) in [5, 5.41) is 0. The van der Waals surface area contributed by atoms with Gasteiger partial charge in [-0.3, -0.25) is 0 Å². The van der Waals surface area contributed by atoms with Crippen molar-refractivity contribution in [3.05, 3.63) is 0 Å². The monoisotopic (exact) mass is 58.1 g/mol. The molecule has 4 heavy (non-hydrogen) atoms. The van der Waals surface area contributed by atoms with E-state index >= 15 is 0 Å². The molecule has 0 unspecified atom stereocenters. The number of nitrogens with two attached hydrogens (primary N) is 1. The lowest BCUT2D eigenvalue weighted by Crippen LogP contribution is -1.94. The Morgan fingerprint density at radius 1 is 2.00 bits per heavy atom. The minimum absolute atomic E-state index is 0.500. The lowest BCUT2D eigenvalue weighted by molar-refractivity contribution is 1.07. The fourth-order valence-electron chi connectivity index (χ4n) is 0.0722. The SMILES string of the molecule is [2H]C1(N)CC1. The molecule has 2 N–H and O–H groups in total. The van der Waals surface area contributed by atoms with Crippen molar-refractivity contribution in [1.82, 2.24) is 0 Å². The van der Waals surface area contributed by atoms with Gasteiger partial charge >= 0.3 is 0 Å². The van der Waals surface area contributed by atoms with Gasteiger partial charge in [-0.1, -0.05) is 0 Å². The van der Waals surface area contributed by atoms with Gasteiger partial charge in [0.2, 0.25) is 0 Å². The van der Waals surface area contributed by atoms with Crippen LogP contribution in [0.5, 0.6) is 0 Å². The standard InChI is InChI=1S/C3H7N/c4-3-1-2-3/h3H,1-2,4H2/i3D. The second-order valence-electron chi connectivity index (χ2n) is 1.16. The third kappa shape index (κ3) is 0.206. The molecule has 0 spiro atoms. The lowest BCUT2D eigenvalue weighted by Gasteiger charge is -1.58. The van der Waals surface area contributed by atoms with Crippen molar-refractivity contribution in [1.29, 1.82) is 0 Å². The van der Waals surface area contributed by atoms with E-state index in [1.165, 1.54) is 0 Å². The fraction of sp³-hybridized carbons (Fsp3) is 1.00. The van der Waals surface area contributed by atoms with Crippen molar-refractivity contribution in [3.8, 4) is 0 Å². The number of hydrogen-bond acceptors (Lipinski definition) is 1. The van der Waals surface area contributed by atoms with Crippen molar-refractivity contribution >= 4 is 0 Å². The summed E-state index contributed by atoms with van der Waals surface area (Å²) in [4.78, 5) is 0. The Morgan fingerprint density at radius 3 is 2.25 bits per heavy atom. The molecular weight excluding hydrogens is 50.0 g/mol. The van der Waals surface area contributed by atoms with Crippen LogP contribution in [0.2, 0.25) is 0 Å². The zero-order valence-corrected chi connectivity index (χ0v) is 2.49. The van der Waals surface area contributed by atoms with Gasteiger partial charge in [-0.15, -0.1) is 0 Å². The first-order chi connectivity index (χ1) is 2.21. The number of hydrogen-bond donors (Lipinski definition) is 1. The highest BCUT2D eigenvalue weighted by Crippen LogP contribution is 2.13. The van der Waals surface area contributed by atoms with Crippen LogP contribution >= 0.6 is 0 Å². The van der Waals surface area contributed by atoms with Crippen LogP contribution in [0.3, 0.4) is 0 Å². The van der Waals surface area contributed by atoms with E-state index in [1.807, 2.05) is 0 Å². The van der Waals surface area contributed by atoms with E-state index < -0.39 is 6.02 Å². The molecule has 0 aromatic rings. The zero-order chi connectivity index (χ0) is 3.91. The van der Waals surface area contributed by atoms with Crippen LogP contribution in [0, 0.1) is 0 Å². The number of rotatable bonds is 0.